The van der Waals surface area contributed by atoms with Crippen LogP contribution in [-0.4, -0.2) is 18.4 Å². The molecule has 1 unspecified atom stereocenters. The molecule has 1 heterocycles. The number of benzene rings is 1. The number of nitrogens with one attached hydrogen (secondary N) is 1. The predicted octanol–water partition coefficient (Wildman–Crippen LogP) is 3.44. The highest BCUT2D eigenvalue weighted by Gasteiger charge is 2.34. The zero-order valence-electron chi connectivity index (χ0n) is 12.4. The van der Waals surface area contributed by atoms with Crippen LogP contribution in [0.3, 0.4) is 0 Å². The van der Waals surface area contributed by atoms with E-state index < -0.39 is 0 Å². The van der Waals surface area contributed by atoms with Crippen LogP contribution in [0.1, 0.15) is 49.7 Å². The largest absolute Gasteiger partial charge is 0.384 e. The minimum absolute atomic E-state index is 0.192. The van der Waals surface area contributed by atoms with Gasteiger partial charge in [-0.3, -0.25) is 5.41 Å². The molecule has 3 rings (SSSR count). The van der Waals surface area contributed by atoms with Crippen molar-refractivity contribution in [1.29, 1.82) is 5.41 Å². The molecule has 1 aliphatic carbocycles. The van der Waals surface area contributed by atoms with Crippen molar-refractivity contribution in [3.8, 4) is 0 Å². The Kier molecular flexibility index (Phi) is 3.68. The van der Waals surface area contributed by atoms with Gasteiger partial charge in [-0.05, 0) is 56.2 Å². The second-order valence-electron chi connectivity index (χ2n) is 6.38. The first kappa shape index (κ1) is 13.5. The highest BCUT2D eigenvalue weighted by molar-refractivity contribution is 6.00. The molecule has 0 radical (unpaired) electrons. The molecule has 1 atom stereocenters. The van der Waals surface area contributed by atoms with Gasteiger partial charge in [0.05, 0.1) is 0 Å². The fourth-order valence-corrected chi connectivity index (χ4v) is 4.03. The van der Waals surface area contributed by atoms with E-state index in [1.165, 1.54) is 49.8 Å². The van der Waals surface area contributed by atoms with Gasteiger partial charge in [-0.15, -0.1) is 0 Å². The fourth-order valence-electron chi connectivity index (χ4n) is 4.03. The van der Waals surface area contributed by atoms with Crippen LogP contribution in [-0.2, 0) is 0 Å². The molecule has 0 bridgehead atoms. The molecule has 1 saturated heterocycles. The van der Waals surface area contributed by atoms with Crippen molar-refractivity contribution in [3.05, 3.63) is 29.3 Å². The van der Waals surface area contributed by atoms with Crippen LogP contribution < -0.4 is 10.6 Å². The molecule has 108 valence electrons. The number of aryl methyl sites for hydroxylation is 1. The van der Waals surface area contributed by atoms with Crippen molar-refractivity contribution >= 4 is 11.5 Å². The molecular formula is C17H25N3. The van der Waals surface area contributed by atoms with Gasteiger partial charge < -0.3 is 10.6 Å². The Labute approximate surface area is 121 Å². The fraction of sp³-hybridized carbons (Fsp3) is 0.588. The van der Waals surface area contributed by atoms with E-state index >= 15 is 0 Å². The van der Waals surface area contributed by atoms with Gasteiger partial charge in [0.25, 0.3) is 0 Å². The number of nitrogens with two attached hydrogens (primary N) is 1. The van der Waals surface area contributed by atoms with Crippen LogP contribution in [0, 0.1) is 18.3 Å². The summed E-state index contributed by atoms with van der Waals surface area (Å²) in [6, 6.07) is 6.94. The van der Waals surface area contributed by atoms with Crippen LogP contribution >= 0.6 is 0 Å². The maximum absolute atomic E-state index is 7.84. The highest BCUT2D eigenvalue weighted by Crippen LogP contribution is 2.39. The van der Waals surface area contributed by atoms with Gasteiger partial charge >= 0.3 is 0 Å². The number of amidine groups is 1. The first-order valence-corrected chi connectivity index (χ1v) is 7.88. The lowest BCUT2D eigenvalue weighted by molar-refractivity contribution is 0.430. The van der Waals surface area contributed by atoms with Crippen LogP contribution in [0.5, 0.6) is 0 Å². The van der Waals surface area contributed by atoms with Gasteiger partial charge in [-0.25, -0.2) is 0 Å². The van der Waals surface area contributed by atoms with Crippen molar-refractivity contribution in [2.24, 2.45) is 11.7 Å². The van der Waals surface area contributed by atoms with E-state index in [0.29, 0.717) is 6.04 Å². The van der Waals surface area contributed by atoms with Gasteiger partial charge in [-0.2, -0.15) is 0 Å². The van der Waals surface area contributed by atoms with Gasteiger partial charge in [0.15, 0.2) is 0 Å². The smallest absolute Gasteiger partial charge is 0.124 e. The van der Waals surface area contributed by atoms with Crippen molar-refractivity contribution in [3.63, 3.8) is 0 Å². The topological polar surface area (TPSA) is 53.1 Å². The summed E-state index contributed by atoms with van der Waals surface area (Å²) in [5, 5.41) is 7.84. The molecule has 20 heavy (non-hydrogen) atoms. The molecule has 1 aromatic carbocycles. The molecule has 0 spiro atoms. The summed E-state index contributed by atoms with van der Waals surface area (Å²) < 4.78 is 0. The Morgan fingerprint density at radius 1 is 1.20 bits per heavy atom. The first-order valence-electron chi connectivity index (χ1n) is 7.88. The second kappa shape index (κ2) is 5.47. The van der Waals surface area contributed by atoms with E-state index in [4.69, 9.17) is 11.1 Å². The highest BCUT2D eigenvalue weighted by atomic mass is 15.2. The Hall–Kier alpha value is -1.51. The summed E-state index contributed by atoms with van der Waals surface area (Å²) in [4.78, 5) is 2.54. The molecule has 1 saturated carbocycles. The number of hydrogen-bond acceptors (Lipinski definition) is 2. The summed E-state index contributed by atoms with van der Waals surface area (Å²) in [7, 11) is 0. The van der Waals surface area contributed by atoms with Gasteiger partial charge in [0.2, 0.25) is 0 Å². The maximum Gasteiger partial charge on any atom is 0.124 e. The second-order valence-corrected chi connectivity index (χ2v) is 6.38. The minimum Gasteiger partial charge on any atom is -0.384 e. The van der Waals surface area contributed by atoms with Gasteiger partial charge in [0.1, 0.15) is 5.84 Å². The zero-order chi connectivity index (χ0) is 14.1. The molecule has 0 aromatic heterocycles. The van der Waals surface area contributed by atoms with E-state index in [-0.39, 0.29) is 5.84 Å². The lowest BCUT2D eigenvalue weighted by atomic mass is 9.95. The number of anilines is 1. The average Bonchev–Trinajstić information content (AvgIpc) is 3.09. The third-order valence-corrected chi connectivity index (χ3v) is 5.00. The van der Waals surface area contributed by atoms with E-state index in [1.54, 1.807) is 0 Å². The van der Waals surface area contributed by atoms with E-state index in [2.05, 4.69) is 24.0 Å². The number of nitrogen functional groups attached to an aromatic ring is 1. The van der Waals surface area contributed by atoms with Gasteiger partial charge in [-0.1, -0.05) is 18.9 Å². The number of hydrogen-bond donors (Lipinski definition) is 2. The normalized spacial score (nSPS) is 23.4. The monoisotopic (exact) mass is 271 g/mol. The zero-order valence-corrected chi connectivity index (χ0v) is 12.4. The number of rotatable bonds is 3. The Bertz CT molecular complexity index is 503. The quantitative estimate of drug-likeness (QED) is 0.653. The van der Waals surface area contributed by atoms with Gasteiger partial charge in [0, 0.05) is 23.8 Å². The van der Waals surface area contributed by atoms with Crippen molar-refractivity contribution < 1.29 is 0 Å². The van der Waals surface area contributed by atoms with Crippen molar-refractivity contribution in [2.75, 3.05) is 11.4 Å². The molecule has 2 aliphatic rings. The van der Waals surface area contributed by atoms with Crippen LogP contribution in [0.15, 0.2) is 18.2 Å². The molecular weight excluding hydrogens is 246 g/mol. The Morgan fingerprint density at radius 3 is 2.65 bits per heavy atom. The molecule has 2 fully saturated rings. The summed E-state index contributed by atoms with van der Waals surface area (Å²) in [5.41, 5.74) is 9.13. The molecule has 3 heteroatoms. The Morgan fingerprint density at radius 2 is 1.95 bits per heavy atom. The summed E-state index contributed by atoms with van der Waals surface area (Å²) in [5.74, 6) is 1.04. The van der Waals surface area contributed by atoms with Crippen LogP contribution in [0.4, 0.5) is 5.69 Å². The standard InChI is InChI=1S/C17H25N3/c1-12-8-9-14(17(18)19)16(11-12)20-10-4-7-15(20)13-5-2-3-6-13/h8-9,11,13,15H,2-7,10H2,1H3,(H3,18,19). The van der Waals surface area contributed by atoms with Crippen molar-refractivity contribution in [2.45, 2.75) is 51.5 Å². The van der Waals surface area contributed by atoms with E-state index in [1.807, 2.05) is 6.07 Å². The first-order chi connectivity index (χ1) is 9.66. The lowest BCUT2D eigenvalue weighted by Crippen LogP contribution is -2.36. The molecule has 0 amide bonds. The third kappa shape index (κ3) is 2.41. The molecule has 1 aromatic rings. The predicted molar refractivity (Wildman–Crippen MR) is 84.5 cm³/mol. The minimum atomic E-state index is 0.192. The number of nitrogens with zero attached hydrogens (tertiary/aromatic N) is 1. The van der Waals surface area contributed by atoms with Crippen LogP contribution in [0.25, 0.3) is 0 Å². The third-order valence-electron chi connectivity index (χ3n) is 5.00. The van der Waals surface area contributed by atoms with E-state index in [9.17, 15) is 0 Å². The maximum atomic E-state index is 7.84. The van der Waals surface area contributed by atoms with E-state index in [0.717, 1.165) is 18.0 Å². The van der Waals surface area contributed by atoms with Crippen LogP contribution in [0.2, 0.25) is 0 Å². The molecule has 3 N–H and O–H groups in total. The summed E-state index contributed by atoms with van der Waals surface area (Å²) >= 11 is 0. The Balaban J connectivity index is 1.94. The molecule has 1 aliphatic heterocycles. The summed E-state index contributed by atoms with van der Waals surface area (Å²) in [6.07, 6.45) is 8.11. The average molecular weight is 271 g/mol. The molecule has 3 nitrogen and oxygen atoms in total. The summed E-state index contributed by atoms with van der Waals surface area (Å²) in [6.45, 7) is 3.24. The SMILES string of the molecule is Cc1ccc(C(=N)N)c(N2CCCC2C2CCCC2)c1. The van der Waals surface area contributed by atoms with Crippen molar-refractivity contribution in [1.82, 2.24) is 0 Å². The lowest BCUT2D eigenvalue weighted by Gasteiger charge is -2.33.